The van der Waals surface area contributed by atoms with Crippen LogP contribution in [0.3, 0.4) is 0 Å². The maximum absolute atomic E-state index is 13.6. The van der Waals surface area contributed by atoms with Crippen LogP contribution in [0.4, 0.5) is 0 Å². The minimum atomic E-state index is -1.38. The summed E-state index contributed by atoms with van der Waals surface area (Å²) in [6.07, 6.45) is 0. The molecule has 1 unspecified atom stereocenters. The Kier molecular flexibility index (Phi) is 6.29. The normalized spacial score (nSPS) is 12.4. The fourth-order valence-electron chi connectivity index (χ4n) is 7.67. The Bertz CT molecular complexity index is 3040. The molecule has 0 N–H and O–H groups in total. The molecule has 50 heavy (non-hydrogen) atoms. The maximum Gasteiger partial charge on any atom is 0.0991 e. The van der Waals surface area contributed by atoms with Crippen molar-refractivity contribution in [3.8, 4) is 17.4 Å². The summed E-state index contributed by atoms with van der Waals surface area (Å²) in [6.45, 7) is 0. The van der Waals surface area contributed by atoms with Gasteiger partial charge in [-0.05, 0) is 100 Å². The van der Waals surface area contributed by atoms with Crippen molar-refractivity contribution >= 4 is 76.0 Å². The summed E-state index contributed by atoms with van der Waals surface area (Å²) in [6, 6.07) is 58.6. The topological polar surface area (TPSA) is 50.7 Å². The zero-order valence-corrected chi connectivity index (χ0v) is 27.6. The quantitative estimate of drug-likeness (QED) is 0.189. The highest BCUT2D eigenvalue weighted by Gasteiger charge is 2.23. The van der Waals surface area contributed by atoms with Crippen LogP contribution in [0, 0.1) is 11.3 Å². The minimum absolute atomic E-state index is 0.548. The predicted octanol–water partition coefficient (Wildman–Crippen LogP) is 11.2. The van der Waals surface area contributed by atoms with Crippen LogP contribution < -0.4 is 0 Å². The monoisotopic (exact) mass is 657 g/mol. The lowest BCUT2D eigenvalue weighted by Crippen LogP contribution is -1.99. The molecule has 0 aliphatic rings. The zero-order chi connectivity index (χ0) is 33.3. The lowest BCUT2D eigenvalue weighted by Gasteiger charge is -2.13. The van der Waals surface area contributed by atoms with E-state index in [-0.39, 0.29) is 0 Å². The molecule has 10 rings (SSSR count). The van der Waals surface area contributed by atoms with Gasteiger partial charge in [-0.15, -0.1) is 0 Å². The average Bonchev–Trinajstić information content (AvgIpc) is 3.70. The number of benzene rings is 8. The van der Waals surface area contributed by atoms with Crippen LogP contribution in [0.15, 0.2) is 174 Å². The molecule has 0 saturated carbocycles. The van der Waals surface area contributed by atoms with Gasteiger partial charge < -0.3 is 9.13 Å². The van der Waals surface area contributed by atoms with Gasteiger partial charge in [-0.2, -0.15) is 5.26 Å². The number of nitrogens with zero attached hydrogens (tertiary/aromatic N) is 3. The van der Waals surface area contributed by atoms with Gasteiger partial charge >= 0.3 is 0 Å². The van der Waals surface area contributed by atoms with Gasteiger partial charge in [0.15, 0.2) is 0 Å². The van der Waals surface area contributed by atoms with Crippen LogP contribution in [0.5, 0.6) is 0 Å². The number of hydrogen-bond acceptors (Lipinski definition) is 2. The summed E-state index contributed by atoms with van der Waals surface area (Å²) >= 11 is 0. The number of hydrogen-bond donors (Lipinski definition) is 0. The predicted molar refractivity (Wildman–Crippen MR) is 206 cm³/mol. The van der Waals surface area contributed by atoms with Crippen molar-refractivity contribution in [2.45, 2.75) is 9.79 Å². The fourth-order valence-corrected chi connectivity index (χ4v) is 8.71. The largest absolute Gasteiger partial charge is 0.307 e. The zero-order valence-electron chi connectivity index (χ0n) is 26.7. The standard InChI is InChI=1S/C45H27N3OS/c46-28-29-14-19-35(20-15-29)50(49)36-21-17-34(18-22-36)48-42-27-32-10-5-4-9-31(32)26-40(42)38-23-24-39-43-37-13-7-6-8-30(37)16-25-41(43)47(45(39)44(38)48)33-11-2-1-3-12-33/h1-27H. The Balaban J connectivity index is 1.33. The summed E-state index contributed by atoms with van der Waals surface area (Å²) < 4.78 is 18.4. The Labute approximate surface area is 290 Å². The van der Waals surface area contributed by atoms with Gasteiger partial charge in [0.25, 0.3) is 0 Å². The van der Waals surface area contributed by atoms with Gasteiger partial charge in [0.2, 0.25) is 0 Å². The summed E-state index contributed by atoms with van der Waals surface area (Å²) in [5, 5.41) is 18.8. The lowest BCUT2D eigenvalue weighted by atomic mass is 10.0. The Morgan fingerprint density at radius 3 is 1.78 bits per heavy atom. The highest BCUT2D eigenvalue weighted by molar-refractivity contribution is 7.85. The molecule has 10 aromatic rings. The maximum atomic E-state index is 13.6. The van der Waals surface area contributed by atoms with Crippen LogP contribution in [-0.2, 0) is 10.8 Å². The SMILES string of the molecule is N#Cc1ccc(S(=O)c2ccc(-n3c4cc5ccccc5cc4c4ccc5c6c7ccccc7ccc6n(-c6ccccc6)c5c43)cc2)cc1. The van der Waals surface area contributed by atoms with E-state index in [1.54, 1.807) is 24.3 Å². The van der Waals surface area contributed by atoms with Gasteiger partial charge in [-0.1, -0.05) is 84.9 Å². The van der Waals surface area contributed by atoms with Gasteiger partial charge in [-0.3, -0.25) is 0 Å². The highest BCUT2D eigenvalue weighted by Crippen LogP contribution is 2.44. The lowest BCUT2D eigenvalue weighted by molar-refractivity contribution is 0.683. The van der Waals surface area contributed by atoms with Gasteiger partial charge in [0.05, 0.1) is 44.5 Å². The molecule has 0 fully saturated rings. The van der Waals surface area contributed by atoms with Crippen molar-refractivity contribution < 1.29 is 4.21 Å². The molecule has 8 aromatic carbocycles. The molecule has 0 amide bonds. The van der Waals surface area contributed by atoms with E-state index in [2.05, 4.69) is 143 Å². The average molecular weight is 658 g/mol. The first-order valence-corrected chi connectivity index (χ1v) is 17.7. The van der Waals surface area contributed by atoms with Crippen molar-refractivity contribution in [3.63, 3.8) is 0 Å². The first-order chi connectivity index (χ1) is 24.7. The molecule has 5 heteroatoms. The molecule has 0 spiro atoms. The summed E-state index contributed by atoms with van der Waals surface area (Å²) in [4.78, 5) is 1.38. The molecule has 2 heterocycles. The van der Waals surface area contributed by atoms with Crippen molar-refractivity contribution in [2.24, 2.45) is 0 Å². The second-order valence-corrected chi connectivity index (χ2v) is 14.1. The molecule has 0 aliphatic heterocycles. The molecule has 0 bridgehead atoms. The molecule has 2 aromatic heterocycles. The van der Waals surface area contributed by atoms with E-state index in [1.807, 2.05) is 12.1 Å². The van der Waals surface area contributed by atoms with E-state index < -0.39 is 10.8 Å². The van der Waals surface area contributed by atoms with E-state index >= 15 is 0 Å². The Morgan fingerprint density at radius 2 is 1.04 bits per heavy atom. The molecular weight excluding hydrogens is 631 g/mol. The highest BCUT2D eigenvalue weighted by atomic mass is 32.2. The molecule has 0 saturated heterocycles. The van der Waals surface area contributed by atoms with Crippen molar-refractivity contribution in [3.05, 3.63) is 169 Å². The van der Waals surface area contributed by atoms with Gasteiger partial charge in [0.1, 0.15) is 0 Å². The number of para-hydroxylation sites is 1. The second-order valence-electron chi connectivity index (χ2n) is 12.7. The van der Waals surface area contributed by atoms with E-state index in [0.717, 1.165) is 33.4 Å². The minimum Gasteiger partial charge on any atom is -0.307 e. The molecule has 0 aliphatic carbocycles. The fraction of sp³-hybridized carbons (Fsp3) is 0. The Hall–Kier alpha value is -6.48. The molecule has 0 radical (unpaired) electrons. The number of rotatable bonds is 4. The smallest absolute Gasteiger partial charge is 0.0991 e. The number of aromatic nitrogens is 2. The van der Waals surface area contributed by atoms with Gasteiger partial charge in [-0.25, -0.2) is 4.21 Å². The molecular formula is C45H27N3OS. The number of nitriles is 1. The summed E-state index contributed by atoms with van der Waals surface area (Å²) in [5.74, 6) is 0. The first-order valence-electron chi connectivity index (χ1n) is 16.6. The van der Waals surface area contributed by atoms with E-state index in [0.29, 0.717) is 15.4 Å². The van der Waals surface area contributed by atoms with Crippen molar-refractivity contribution in [1.29, 1.82) is 5.26 Å². The summed E-state index contributed by atoms with van der Waals surface area (Å²) in [5.41, 5.74) is 7.18. The first kappa shape index (κ1) is 28.5. The van der Waals surface area contributed by atoms with E-state index in [1.165, 1.54) is 43.1 Å². The third kappa shape index (κ3) is 4.19. The van der Waals surface area contributed by atoms with E-state index in [4.69, 9.17) is 0 Å². The van der Waals surface area contributed by atoms with Crippen LogP contribution in [0.1, 0.15) is 5.56 Å². The van der Waals surface area contributed by atoms with Crippen LogP contribution in [0.25, 0.3) is 76.5 Å². The van der Waals surface area contributed by atoms with Crippen LogP contribution in [-0.4, -0.2) is 13.3 Å². The van der Waals surface area contributed by atoms with Crippen LogP contribution >= 0.6 is 0 Å². The third-order valence-corrected chi connectivity index (χ3v) is 11.3. The number of fused-ring (bicyclic) bond motifs is 10. The second kappa shape index (κ2) is 11.0. The summed E-state index contributed by atoms with van der Waals surface area (Å²) in [7, 11) is -1.38. The van der Waals surface area contributed by atoms with Gasteiger partial charge in [0, 0.05) is 42.7 Å². The molecule has 4 nitrogen and oxygen atoms in total. The third-order valence-electron chi connectivity index (χ3n) is 9.93. The Morgan fingerprint density at radius 1 is 0.460 bits per heavy atom. The molecule has 1 atom stereocenters. The van der Waals surface area contributed by atoms with Crippen molar-refractivity contribution in [2.75, 3.05) is 0 Å². The van der Waals surface area contributed by atoms with E-state index in [9.17, 15) is 9.47 Å². The van der Waals surface area contributed by atoms with Crippen LogP contribution in [0.2, 0.25) is 0 Å². The molecule has 234 valence electrons. The van der Waals surface area contributed by atoms with Crippen molar-refractivity contribution in [1.82, 2.24) is 9.13 Å².